The summed E-state index contributed by atoms with van der Waals surface area (Å²) in [5.41, 5.74) is 0.739. The molecule has 2 aromatic carbocycles. The smallest absolute Gasteiger partial charge is 0.265 e. The van der Waals surface area contributed by atoms with Crippen molar-refractivity contribution in [3.8, 4) is 5.75 Å². The molecule has 1 amide bonds. The average Bonchev–Trinajstić information content (AvgIpc) is 2.43. The van der Waals surface area contributed by atoms with E-state index in [2.05, 4.69) is 21.2 Å². The topological polar surface area (TPSA) is 38.3 Å². The third-order valence-electron chi connectivity index (χ3n) is 2.61. The maximum absolute atomic E-state index is 12.0. The highest BCUT2D eigenvalue weighted by Gasteiger charge is 2.16. The number of hydrogen-bond acceptors (Lipinski definition) is 2. The second-order valence-electron chi connectivity index (χ2n) is 4.19. The van der Waals surface area contributed by atoms with Crippen molar-refractivity contribution in [3.63, 3.8) is 0 Å². The molecule has 0 heterocycles. The fourth-order valence-corrected chi connectivity index (χ4v) is 2.36. The molecule has 0 saturated carbocycles. The van der Waals surface area contributed by atoms with E-state index in [0.717, 1.165) is 5.69 Å². The Bertz CT molecular complexity index is 604. The fraction of sp³-hybridized carbons (Fsp3) is 0.133. The normalized spacial score (nSPS) is 11.8. The van der Waals surface area contributed by atoms with Gasteiger partial charge in [-0.15, -0.1) is 0 Å². The summed E-state index contributed by atoms with van der Waals surface area (Å²) in [6, 6.07) is 14.4. The molecular formula is C15H13BrClNO2. The molecule has 0 bridgehead atoms. The lowest BCUT2D eigenvalue weighted by atomic mass is 10.3. The highest BCUT2D eigenvalue weighted by Crippen LogP contribution is 2.28. The van der Waals surface area contributed by atoms with Gasteiger partial charge in [0.2, 0.25) is 0 Å². The van der Waals surface area contributed by atoms with Crippen LogP contribution < -0.4 is 10.1 Å². The number of rotatable bonds is 4. The second kappa shape index (κ2) is 6.77. The molecule has 104 valence electrons. The van der Waals surface area contributed by atoms with Crippen molar-refractivity contribution < 1.29 is 9.53 Å². The molecule has 0 radical (unpaired) electrons. The van der Waals surface area contributed by atoms with E-state index in [1.54, 1.807) is 25.1 Å². The van der Waals surface area contributed by atoms with Crippen molar-refractivity contribution in [3.05, 3.63) is 58.0 Å². The summed E-state index contributed by atoms with van der Waals surface area (Å²) in [7, 11) is 0. The van der Waals surface area contributed by atoms with E-state index in [-0.39, 0.29) is 5.91 Å². The van der Waals surface area contributed by atoms with Crippen molar-refractivity contribution in [1.82, 2.24) is 0 Å². The van der Waals surface area contributed by atoms with Crippen molar-refractivity contribution in [2.75, 3.05) is 5.32 Å². The zero-order valence-corrected chi connectivity index (χ0v) is 13.1. The Hall–Kier alpha value is -1.52. The SMILES string of the molecule is C[C@H](Oc1ccc(Cl)cc1Br)C(=O)Nc1ccccc1. The predicted octanol–water partition coefficient (Wildman–Crippen LogP) is 4.51. The van der Waals surface area contributed by atoms with Crippen molar-refractivity contribution in [1.29, 1.82) is 0 Å². The zero-order valence-electron chi connectivity index (χ0n) is 10.8. The van der Waals surface area contributed by atoms with Gasteiger partial charge in [-0.3, -0.25) is 4.79 Å². The number of benzene rings is 2. The van der Waals surface area contributed by atoms with Crippen LogP contribution in [0.5, 0.6) is 5.75 Å². The van der Waals surface area contributed by atoms with E-state index in [9.17, 15) is 4.79 Å². The van der Waals surface area contributed by atoms with Gasteiger partial charge >= 0.3 is 0 Å². The van der Waals surface area contributed by atoms with Gasteiger partial charge in [0.1, 0.15) is 5.75 Å². The largest absolute Gasteiger partial charge is 0.480 e. The Morgan fingerprint density at radius 2 is 1.95 bits per heavy atom. The molecule has 0 spiro atoms. The molecule has 0 saturated heterocycles. The number of hydrogen-bond donors (Lipinski definition) is 1. The number of nitrogens with one attached hydrogen (secondary N) is 1. The Morgan fingerprint density at radius 3 is 2.60 bits per heavy atom. The molecule has 0 aliphatic heterocycles. The molecule has 0 aliphatic rings. The van der Waals surface area contributed by atoms with Crippen LogP contribution in [0.15, 0.2) is 53.0 Å². The van der Waals surface area contributed by atoms with Gasteiger partial charge < -0.3 is 10.1 Å². The van der Waals surface area contributed by atoms with Crippen LogP contribution in [-0.4, -0.2) is 12.0 Å². The summed E-state index contributed by atoms with van der Waals surface area (Å²) in [5, 5.41) is 3.39. The molecule has 2 aromatic rings. The van der Waals surface area contributed by atoms with Gasteiger partial charge in [-0.25, -0.2) is 0 Å². The minimum Gasteiger partial charge on any atom is -0.480 e. The quantitative estimate of drug-likeness (QED) is 0.877. The lowest BCUT2D eigenvalue weighted by Gasteiger charge is -2.15. The summed E-state index contributed by atoms with van der Waals surface area (Å²) in [4.78, 5) is 12.0. The summed E-state index contributed by atoms with van der Waals surface area (Å²) < 4.78 is 6.33. The molecule has 1 N–H and O–H groups in total. The minimum absolute atomic E-state index is 0.210. The number of carbonyl (C=O) groups excluding carboxylic acids is 1. The Balaban J connectivity index is 2.00. The van der Waals surface area contributed by atoms with E-state index in [4.69, 9.17) is 16.3 Å². The van der Waals surface area contributed by atoms with Gasteiger partial charge in [-0.1, -0.05) is 29.8 Å². The number of amides is 1. The highest BCUT2D eigenvalue weighted by molar-refractivity contribution is 9.10. The van der Waals surface area contributed by atoms with E-state index >= 15 is 0 Å². The van der Waals surface area contributed by atoms with Crippen LogP contribution in [0.25, 0.3) is 0 Å². The molecule has 0 unspecified atom stereocenters. The Morgan fingerprint density at radius 1 is 1.25 bits per heavy atom. The maximum Gasteiger partial charge on any atom is 0.265 e. The van der Waals surface area contributed by atoms with Crippen molar-refractivity contribution in [2.45, 2.75) is 13.0 Å². The molecule has 0 aromatic heterocycles. The third-order valence-corrected chi connectivity index (χ3v) is 3.46. The van der Waals surface area contributed by atoms with Gasteiger partial charge in [-0.2, -0.15) is 0 Å². The van der Waals surface area contributed by atoms with Crippen LogP contribution in [0.3, 0.4) is 0 Å². The first-order valence-corrected chi connectivity index (χ1v) is 7.21. The first-order valence-electron chi connectivity index (χ1n) is 6.04. The molecular weight excluding hydrogens is 342 g/mol. The van der Waals surface area contributed by atoms with Crippen LogP contribution in [0.2, 0.25) is 5.02 Å². The van der Waals surface area contributed by atoms with Gasteiger partial charge in [0.05, 0.1) is 4.47 Å². The molecule has 3 nitrogen and oxygen atoms in total. The lowest BCUT2D eigenvalue weighted by molar-refractivity contribution is -0.122. The van der Waals surface area contributed by atoms with Gasteiger partial charge in [0.15, 0.2) is 6.10 Å². The van der Waals surface area contributed by atoms with Crippen LogP contribution >= 0.6 is 27.5 Å². The number of ether oxygens (including phenoxy) is 1. The summed E-state index contributed by atoms with van der Waals surface area (Å²) in [6.45, 7) is 1.69. The summed E-state index contributed by atoms with van der Waals surface area (Å²) in [6.07, 6.45) is -0.618. The fourth-order valence-electron chi connectivity index (χ4n) is 1.58. The predicted molar refractivity (Wildman–Crippen MR) is 84.3 cm³/mol. The monoisotopic (exact) mass is 353 g/mol. The average molecular weight is 355 g/mol. The number of anilines is 1. The standard InChI is InChI=1S/C15H13BrClNO2/c1-10(15(19)18-12-5-3-2-4-6-12)20-14-8-7-11(17)9-13(14)16/h2-10H,1H3,(H,18,19)/t10-/m0/s1. The molecule has 1 atom stereocenters. The van der Waals surface area contributed by atoms with Crippen LogP contribution in [-0.2, 0) is 4.79 Å². The summed E-state index contributed by atoms with van der Waals surface area (Å²) in [5.74, 6) is 0.364. The lowest BCUT2D eigenvalue weighted by Crippen LogP contribution is -2.30. The van der Waals surface area contributed by atoms with Gasteiger partial charge in [0.25, 0.3) is 5.91 Å². The van der Waals surface area contributed by atoms with Crippen LogP contribution in [0.1, 0.15) is 6.92 Å². The van der Waals surface area contributed by atoms with E-state index in [0.29, 0.717) is 15.2 Å². The van der Waals surface area contributed by atoms with Gasteiger partial charge in [-0.05, 0) is 53.2 Å². The molecule has 0 fully saturated rings. The Kier molecular flexibility index (Phi) is 5.04. The van der Waals surface area contributed by atoms with E-state index in [1.807, 2.05) is 30.3 Å². The van der Waals surface area contributed by atoms with Crippen LogP contribution in [0.4, 0.5) is 5.69 Å². The second-order valence-corrected chi connectivity index (χ2v) is 5.48. The zero-order chi connectivity index (χ0) is 14.5. The minimum atomic E-state index is -0.618. The first kappa shape index (κ1) is 14.9. The number of carbonyl (C=O) groups is 1. The molecule has 0 aliphatic carbocycles. The molecule has 5 heteroatoms. The summed E-state index contributed by atoms with van der Waals surface area (Å²) >= 11 is 9.21. The maximum atomic E-state index is 12.0. The van der Waals surface area contributed by atoms with E-state index < -0.39 is 6.10 Å². The Labute approximate surface area is 131 Å². The number of halogens is 2. The van der Waals surface area contributed by atoms with E-state index in [1.165, 1.54) is 0 Å². The molecule has 2 rings (SSSR count). The third kappa shape index (κ3) is 3.99. The highest BCUT2D eigenvalue weighted by atomic mass is 79.9. The number of para-hydroxylation sites is 1. The molecule has 20 heavy (non-hydrogen) atoms. The van der Waals surface area contributed by atoms with Crippen molar-refractivity contribution >= 4 is 39.1 Å². The van der Waals surface area contributed by atoms with Gasteiger partial charge in [0, 0.05) is 10.7 Å². The van der Waals surface area contributed by atoms with Crippen molar-refractivity contribution in [2.24, 2.45) is 0 Å². The first-order chi connectivity index (χ1) is 9.56. The van der Waals surface area contributed by atoms with Crippen LogP contribution in [0, 0.1) is 0 Å².